The zero-order valence-electron chi connectivity index (χ0n) is 9.83. The summed E-state index contributed by atoms with van der Waals surface area (Å²) in [6.07, 6.45) is 2.54. The second-order valence-corrected chi connectivity index (χ2v) is 5.92. The fourth-order valence-corrected chi connectivity index (χ4v) is 2.81. The highest BCUT2D eigenvalue weighted by atomic mass is 79.9. The summed E-state index contributed by atoms with van der Waals surface area (Å²) < 4.78 is 0.818. The van der Waals surface area contributed by atoms with E-state index in [1.54, 1.807) is 18.2 Å². The lowest BCUT2D eigenvalue weighted by atomic mass is 10.1. The first-order valence-corrected chi connectivity index (χ1v) is 7.16. The number of carbonyl (C=O) groups is 1. The molecule has 3 nitrogen and oxygen atoms in total. The third-order valence-corrected chi connectivity index (χ3v) is 4.14. The van der Waals surface area contributed by atoms with Gasteiger partial charge >= 0.3 is 0 Å². The number of amides is 1. The predicted molar refractivity (Wildman–Crippen MR) is 74.8 cm³/mol. The molecular weight excluding hydrogens is 318 g/mol. The Balaban J connectivity index is 1.97. The average Bonchev–Trinajstić information content (AvgIpc) is 2.75. The molecule has 2 atom stereocenters. The van der Waals surface area contributed by atoms with Gasteiger partial charge in [0.1, 0.15) is 0 Å². The van der Waals surface area contributed by atoms with Gasteiger partial charge in [-0.3, -0.25) is 4.79 Å². The SMILES string of the molecule is O=C(NCC1CCCC1O)c1cc(Br)ccc1Cl. The van der Waals surface area contributed by atoms with Crippen LogP contribution in [-0.4, -0.2) is 23.7 Å². The number of rotatable bonds is 3. The maximum Gasteiger partial charge on any atom is 0.252 e. The van der Waals surface area contributed by atoms with Gasteiger partial charge in [-0.1, -0.05) is 34.0 Å². The maximum absolute atomic E-state index is 12.0. The minimum atomic E-state index is -0.289. The Bertz CT molecular complexity index is 453. The molecule has 1 aromatic carbocycles. The van der Waals surface area contributed by atoms with E-state index in [4.69, 9.17) is 11.6 Å². The van der Waals surface area contributed by atoms with Crippen LogP contribution in [-0.2, 0) is 0 Å². The number of halogens is 2. The standard InChI is InChI=1S/C13H15BrClNO2/c14-9-4-5-11(15)10(6-9)13(18)16-7-8-2-1-3-12(8)17/h4-6,8,12,17H,1-3,7H2,(H,16,18). The van der Waals surface area contributed by atoms with E-state index in [2.05, 4.69) is 21.2 Å². The molecule has 98 valence electrons. The van der Waals surface area contributed by atoms with Crippen LogP contribution in [0.1, 0.15) is 29.6 Å². The van der Waals surface area contributed by atoms with Crippen LogP contribution in [0.15, 0.2) is 22.7 Å². The van der Waals surface area contributed by atoms with Gasteiger partial charge in [0.2, 0.25) is 0 Å². The number of benzene rings is 1. The first-order valence-electron chi connectivity index (χ1n) is 5.99. The van der Waals surface area contributed by atoms with Gasteiger partial charge in [-0.05, 0) is 31.0 Å². The number of aliphatic hydroxyl groups excluding tert-OH is 1. The van der Waals surface area contributed by atoms with Crippen LogP contribution < -0.4 is 5.32 Å². The molecule has 0 heterocycles. The zero-order valence-corrected chi connectivity index (χ0v) is 12.2. The van der Waals surface area contributed by atoms with Gasteiger partial charge in [-0.25, -0.2) is 0 Å². The largest absolute Gasteiger partial charge is 0.393 e. The lowest BCUT2D eigenvalue weighted by Gasteiger charge is -2.15. The van der Waals surface area contributed by atoms with Crippen molar-refractivity contribution < 1.29 is 9.90 Å². The third kappa shape index (κ3) is 3.25. The Hall–Kier alpha value is -0.580. The molecule has 0 bridgehead atoms. The summed E-state index contributed by atoms with van der Waals surface area (Å²) in [4.78, 5) is 12.0. The molecule has 18 heavy (non-hydrogen) atoms. The van der Waals surface area contributed by atoms with Crippen molar-refractivity contribution in [3.8, 4) is 0 Å². The molecule has 0 aromatic heterocycles. The van der Waals surface area contributed by atoms with Crippen LogP contribution in [0.25, 0.3) is 0 Å². The molecule has 2 rings (SSSR count). The van der Waals surface area contributed by atoms with Crippen molar-refractivity contribution in [2.45, 2.75) is 25.4 Å². The summed E-state index contributed by atoms with van der Waals surface area (Å²) in [6, 6.07) is 5.17. The molecule has 0 radical (unpaired) electrons. The quantitative estimate of drug-likeness (QED) is 0.894. The second-order valence-electron chi connectivity index (χ2n) is 4.59. The molecule has 1 fully saturated rings. The van der Waals surface area contributed by atoms with Crippen molar-refractivity contribution in [1.29, 1.82) is 0 Å². The van der Waals surface area contributed by atoms with Crippen molar-refractivity contribution in [1.82, 2.24) is 5.32 Å². The van der Waals surface area contributed by atoms with E-state index < -0.39 is 0 Å². The molecule has 0 spiro atoms. The van der Waals surface area contributed by atoms with Crippen LogP contribution in [0.5, 0.6) is 0 Å². The molecule has 0 saturated heterocycles. The molecule has 1 saturated carbocycles. The Morgan fingerprint density at radius 2 is 2.28 bits per heavy atom. The van der Waals surface area contributed by atoms with Gasteiger partial charge in [0.05, 0.1) is 16.7 Å². The van der Waals surface area contributed by atoms with E-state index in [1.165, 1.54) is 0 Å². The first kappa shape index (κ1) is 13.8. The van der Waals surface area contributed by atoms with Gasteiger partial charge in [0, 0.05) is 16.9 Å². The van der Waals surface area contributed by atoms with E-state index >= 15 is 0 Å². The highest BCUT2D eigenvalue weighted by Gasteiger charge is 2.25. The third-order valence-electron chi connectivity index (χ3n) is 3.32. The van der Waals surface area contributed by atoms with Gasteiger partial charge in [-0.2, -0.15) is 0 Å². The molecule has 1 amide bonds. The van der Waals surface area contributed by atoms with Crippen LogP contribution in [0.3, 0.4) is 0 Å². The van der Waals surface area contributed by atoms with Crippen molar-refractivity contribution in [2.24, 2.45) is 5.92 Å². The van der Waals surface area contributed by atoms with Gasteiger partial charge < -0.3 is 10.4 Å². The number of carbonyl (C=O) groups excluding carboxylic acids is 1. The van der Waals surface area contributed by atoms with Crippen molar-refractivity contribution in [3.63, 3.8) is 0 Å². The Morgan fingerprint density at radius 3 is 2.94 bits per heavy atom. The summed E-state index contributed by atoms with van der Waals surface area (Å²) in [6.45, 7) is 0.503. The topological polar surface area (TPSA) is 49.3 Å². The minimum absolute atomic E-state index is 0.167. The fourth-order valence-electron chi connectivity index (χ4n) is 2.25. The Morgan fingerprint density at radius 1 is 1.50 bits per heavy atom. The van der Waals surface area contributed by atoms with E-state index in [9.17, 15) is 9.90 Å². The second kappa shape index (κ2) is 6.04. The summed E-state index contributed by atoms with van der Waals surface area (Å²) in [7, 11) is 0. The van der Waals surface area contributed by atoms with Crippen LogP contribution in [0, 0.1) is 5.92 Å². The van der Waals surface area contributed by atoms with Gasteiger partial charge in [0.25, 0.3) is 5.91 Å². The van der Waals surface area contributed by atoms with E-state index in [0.717, 1.165) is 23.7 Å². The Kier molecular flexibility index (Phi) is 4.65. The molecule has 5 heteroatoms. The van der Waals surface area contributed by atoms with Crippen molar-refractivity contribution in [3.05, 3.63) is 33.3 Å². The molecule has 1 aliphatic rings. The molecule has 1 aliphatic carbocycles. The summed E-state index contributed by atoms with van der Waals surface area (Å²) in [5.41, 5.74) is 0.457. The maximum atomic E-state index is 12.0. The number of hydrogen-bond acceptors (Lipinski definition) is 2. The summed E-state index contributed by atoms with van der Waals surface area (Å²) >= 11 is 9.30. The highest BCUT2D eigenvalue weighted by molar-refractivity contribution is 9.10. The number of nitrogens with one attached hydrogen (secondary N) is 1. The van der Waals surface area contributed by atoms with Crippen LogP contribution in [0.2, 0.25) is 5.02 Å². The van der Waals surface area contributed by atoms with Crippen LogP contribution >= 0.6 is 27.5 Å². The molecule has 0 aliphatic heterocycles. The average molecular weight is 333 g/mol. The van der Waals surface area contributed by atoms with E-state index in [-0.39, 0.29) is 17.9 Å². The number of aliphatic hydroxyl groups is 1. The van der Waals surface area contributed by atoms with Crippen molar-refractivity contribution >= 4 is 33.4 Å². The molecule has 1 aromatic rings. The first-order chi connectivity index (χ1) is 8.58. The van der Waals surface area contributed by atoms with E-state index in [0.29, 0.717) is 17.1 Å². The lowest BCUT2D eigenvalue weighted by Crippen LogP contribution is -2.32. The lowest BCUT2D eigenvalue weighted by molar-refractivity contribution is 0.0917. The zero-order chi connectivity index (χ0) is 13.1. The minimum Gasteiger partial charge on any atom is -0.393 e. The summed E-state index contributed by atoms with van der Waals surface area (Å²) in [5.74, 6) is -0.0275. The van der Waals surface area contributed by atoms with Gasteiger partial charge in [0.15, 0.2) is 0 Å². The number of hydrogen-bond donors (Lipinski definition) is 2. The monoisotopic (exact) mass is 331 g/mol. The van der Waals surface area contributed by atoms with E-state index in [1.807, 2.05) is 0 Å². The molecule has 2 unspecified atom stereocenters. The van der Waals surface area contributed by atoms with Crippen LogP contribution in [0.4, 0.5) is 0 Å². The normalized spacial score (nSPS) is 23.1. The summed E-state index contributed by atoms with van der Waals surface area (Å²) in [5, 5.41) is 13.0. The van der Waals surface area contributed by atoms with Gasteiger partial charge in [-0.15, -0.1) is 0 Å². The smallest absolute Gasteiger partial charge is 0.252 e. The molecular formula is C13H15BrClNO2. The fraction of sp³-hybridized carbons (Fsp3) is 0.462. The molecule has 2 N–H and O–H groups in total. The highest BCUT2D eigenvalue weighted by Crippen LogP contribution is 2.25. The van der Waals surface area contributed by atoms with Crippen molar-refractivity contribution in [2.75, 3.05) is 6.54 Å². The predicted octanol–water partition coefficient (Wildman–Crippen LogP) is 2.99. The Labute approximate surface area is 120 Å².